The first kappa shape index (κ1) is 25.3. The Labute approximate surface area is 238 Å². The molecule has 6 rings (SSSR count). The molecule has 2 N–H and O–H groups in total. The predicted molar refractivity (Wildman–Crippen MR) is 161 cm³/mol. The number of para-hydroxylation sites is 1. The maximum atomic E-state index is 14.0. The molecule has 1 heterocycles. The molecule has 0 aliphatic heterocycles. The maximum absolute atomic E-state index is 14.0. The molecule has 0 fully saturated rings. The van der Waals surface area contributed by atoms with Crippen molar-refractivity contribution >= 4 is 38.2 Å². The van der Waals surface area contributed by atoms with E-state index in [2.05, 4.69) is 21.0 Å². The number of aromatic nitrogens is 2. The Balaban J connectivity index is 1.70. The highest BCUT2D eigenvalue weighted by molar-refractivity contribution is 9.10. The summed E-state index contributed by atoms with van der Waals surface area (Å²) >= 11 is 3.44. The highest BCUT2D eigenvalue weighted by Crippen LogP contribution is 2.39. The summed E-state index contributed by atoms with van der Waals surface area (Å²) in [6.45, 7) is 0. The lowest BCUT2D eigenvalue weighted by Gasteiger charge is -2.18. The van der Waals surface area contributed by atoms with Crippen LogP contribution >= 0.6 is 15.9 Å². The van der Waals surface area contributed by atoms with Gasteiger partial charge in [0, 0.05) is 10.0 Å². The van der Waals surface area contributed by atoms with Crippen molar-refractivity contribution in [3.8, 4) is 28.4 Å². The van der Waals surface area contributed by atoms with Gasteiger partial charge in [-0.25, -0.2) is 0 Å². The monoisotopic (exact) mass is 587 g/mol. The lowest BCUT2D eigenvalue weighted by molar-refractivity contribution is 0.104. The van der Waals surface area contributed by atoms with Crippen LogP contribution in [0.5, 0.6) is 11.6 Å². The zero-order valence-electron chi connectivity index (χ0n) is 21.1. The molecule has 0 saturated heterocycles. The largest absolute Gasteiger partial charge is 0.437 e. The summed E-state index contributed by atoms with van der Waals surface area (Å²) in [5.74, 6) is 0.430. The molecular formula is C33H22BrN3O3. The molecule has 0 unspecified atom stereocenters. The molecule has 0 radical (unpaired) electrons. The fraction of sp³-hybridized carbons (Fsp3) is 0. The number of hydrogen-bond acceptors (Lipinski definition) is 5. The number of halogens is 1. The van der Waals surface area contributed by atoms with Crippen molar-refractivity contribution in [3.05, 3.63) is 147 Å². The number of ether oxygens (including phenoxy) is 1. The van der Waals surface area contributed by atoms with Crippen LogP contribution in [0.2, 0.25) is 0 Å². The normalized spacial score (nSPS) is 10.9. The Hall–Kier alpha value is -5.01. The van der Waals surface area contributed by atoms with Crippen LogP contribution in [0.1, 0.15) is 15.9 Å². The number of fused-ring (bicyclic) bond motifs is 1. The second-order valence-electron chi connectivity index (χ2n) is 9.11. The van der Waals surface area contributed by atoms with Gasteiger partial charge in [-0.1, -0.05) is 94.8 Å². The lowest BCUT2D eigenvalue weighted by atomic mass is 9.90. The van der Waals surface area contributed by atoms with Crippen LogP contribution in [0, 0.1) is 0 Å². The van der Waals surface area contributed by atoms with Gasteiger partial charge >= 0.3 is 0 Å². The zero-order chi connectivity index (χ0) is 27.6. The van der Waals surface area contributed by atoms with Crippen LogP contribution in [0.4, 0.5) is 5.69 Å². The highest BCUT2D eigenvalue weighted by Gasteiger charge is 2.25. The lowest BCUT2D eigenvalue weighted by Crippen LogP contribution is -2.24. The summed E-state index contributed by atoms with van der Waals surface area (Å²) < 4.78 is 8.41. The van der Waals surface area contributed by atoms with Gasteiger partial charge in [-0.3, -0.25) is 9.59 Å². The van der Waals surface area contributed by atoms with E-state index in [0.717, 1.165) is 10.0 Å². The third-order valence-corrected chi connectivity index (χ3v) is 7.10. The number of carbonyl (C=O) groups is 1. The molecule has 6 nitrogen and oxygen atoms in total. The molecule has 0 amide bonds. The predicted octanol–water partition coefficient (Wildman–Crippen LogP) is 7.42. The third-order valence-electron chi connectivity index (χ3n) is 6.57. The molecule has 0 spiro atoms. The van der Waals surface area contributed by atoms with E-state index in [9.17, 15) is 9.59 Å². The summed E-state index contributed by atoms with van der Waals surface area (Å²) in [5, 5.41) is 5.19. The number of carbonyl (C=O) groups excluding carboxylic acids is 1. The van der Waals surface area contributed by atoms with Crippen molar-refractivity contribution in [2.45, 2.75) is 0 Å². The first-order valence-electron chi connectivity index (χ1n) is 12.5. The number of nitrogens with zero attached hydrogens (tertiary/aromatic N) is 2. The van der Waals surface area contributed by atoms with Gasteiger partial charge in [-0.2, -0.15) is 4.68 Å². The van der Waals surface area contributed by atoms with Crippen molar-refractivity contribution in [1.82, 2.24) is 9.78 Å². The Morgan fingerprint density at radius 3 is 2.05 bits per heavy atom. The highest BCUT2D eigenvalue weighted by atomic mass is 79.9. The van der Waals surface area contributed by atoms with E-state index < -0.39 is 5.56 Å². The molecule has 0 saturated carbocycles. The fourth-order valence-corrected chi connectivity index (χ4v) is 4.92. The van der Waals surface area contributed by atoms with Crippen molar-refractivity contribution in [2.24, 2.45) is 0 Å². The van der Waals surface area contributed by atoms with Gasteiger partial charge in [0.25, 0.3) is 5.56 Å². The van der Waals surface area contributed by atoms with Crippen LogP contribution in [-0.4, -0.2) is 15.6 Å². The number of ketones is 1. The van der Waals surface area contributed by atoms with Crippen molar-refractivity contribution in [1.29, 1.82) is 0 Å². The van der Waals surface area contributed by atoms with Crippen molar-refractivity contribution in [3.63, 3.8) is 0 Å². The summed E-state index contributed by atoms with van der Waals surface area (Å²) in [5.41, 5.74) is 9.03. The average Bonchev–Trinajstić information content (AvgIpc) is 3.00. The van der Waals surface area contributed by atoms with Crippen molar-refractivity contribution < 1.29 is 9.53 Å². The van der Waals surface area contributed by atoms with Gasteiger partial charge in [0.05, 0.1) is 27.7 Å². The Bertz CT molecular complexity index is 1910. The van der Waals surface area contributed by atoms with E-state index in [0.29, 0.717) is 28.0 Å². The molecule has 6 aromatic rings. The van der Waals surface area contributed by atoms with Crippen LogP contribution in [-0.2, 0) is 0 Å². The van der Waals surface area contributed by atoms with Gasteiger partial charge in [0.15, 0.2) is 5.78 Å². The maximum Gasteiger partial charge on any atom is 0.281 e. The Kier molecular flexibility index (Phi) is 6.72. The molecule has 0 bridgehead atoms. The van der Waals surface area contributed by atoms with Gasteiger partial charge in [0.2, 0.25) is 5.88 Å². The van der Waals surface area contributed by atoms with E-state index >= 15 is 0 Å². The van der Waals surface area contributed by atoms with Crippen LogP contribution in [0.3, 0.4) is 0 Å². The Morgan fingerprint density at radius 2 is 1.40 bits per heavy atom. The molecule has 0 aliphatic carbocycles. The second kappa shape index (κ2) is 10.6. The van der Waals surface area contributed by atoms with Gasteiger partial charge in [0.1, 0.15) is 5.75 Å². The minimum absolute atomic E-state index is 0.0722. The SMILES string of the molecule is Nc1c(C(=O)c2ccccc2)c(-c2ccccc2)cc2c(Oc3ccc(Br)cc3)nn(-c3ccccc3)c(=O)c12. The third kappa shape index (κ3) is 4.67. The van der Waals surface area contributed by atoms with E-state index in [1.807, 2.05) is 66.7 Å². The minimum atomic E-state index is -0.455. The number of benzene rings is 5. The molecule has 7 heteroatoms. The van der Waals surface area contributed by atoms with Crippen LogP contribution in [0.15, 0.2) is 131 Å². The number of rotatable bonds is 6. The van der Waals surface area contributed by atoms with E-state index in [4.69, 9.17) is 10.5 Å². The molecule has 40 heavy (non-hydrogen) atoms. The molecule has 0 aliphatic rings. The molecule has 194 valence electrons. The summed E-state index contributed by atoms with van der Waals surface area (Å²) in [4.78, 5) is 27.9. The first-order valence-corrected chi connectivity index (χ1v) is 13.3. The van der Waals surface area contributed by atoms with E-state index in [1.165, 1.54) is 4.68 Å². The number of nitrogens with two attached hydrogens (primary N) is 1. The number of nitrogen functional groups attached to an aromatic ring is 1. The quantitative estimate of drug-likeness (QED) is 0.162. The topological polar surface area (TPSA) is 87.2 Å². The molecule has 5 aromatic carbocycles. The number of anilines is 1. The summed E-state index contributed by atoms with van der Waals surface area (Å²) in [7, 11) is 0. The first-order chi connectivity index (χ1) is 19.5. The van der Waals surface area contributed by atoms with Gasteiger partial charge in [-0.05, 0) is 53.6 Å². The molecule has 1 aromatic heterocycles. The molecular weight excluding hydrogens is 566 g/mol. The number of hydrogen-bond donors (Lipinski definition) is 1. The van der Waals surface area contributed by atoms with Crippen LogP contribution < -0.4 is 16.0 Å². The summed E-state index contributed by atoms with van der Waals surface area (Å²) in [6.07, 6.45) is 0. The smallest absolute Gasteiger partial charge is 0.281 e. The minimum Gasteiger partial charge on any atom is -0.437 e. The van der Waals surface area contributed by atoms with Crippen LogP contribution in [0.25, 0.3) is 27.6 Å². The second-order valence-corrected chi connectivity index (χ2v) is 10.0. The molecule has 0 atom stereocenters. The summed E-state index contributed by atoms with van der Waals surface area (Å²) in [6, 6.07) is 36.5. The van der Waals surface area contributed by atoms with Gasteiger partial charge in [-0.15, -0.1) is 5.10 Å². The standard InChI is InChI=1S/C33H22BrN3O3/c34-23-16-18-25(19-17-23)40-32-27-20-26(21-10-4-1-5-11-21)28(31(38)22-12-6-2-7-13-22)30(35)29(27)33(39)37(36-32)24-14-8-3-9-15-24/h1-20H,35H2. The average molecular weight is 588 g/mol. The zero-order valence-corrected chi connectivity index (χ0v) is 22.7. The fourth-order valence-electron chi connectivity index (χ4n) is 4.66. The van der Waals surface area contributed by atoms with Crippen molar-refractivity contribution in [2.75, 3.05) is 5.73 Å². The Morgan fingerprint density at radius 1 is 0.800 bits per heavy atom. The van der Waals surface area contributed by atoms with E-state index in [1.54, 1.807) is 54.6 Å². The van der Waals surface area contributed by atoms with Gasteiger partial charge < -0.3 is 10.5 Å². The van der Waals surface area contributed by atoms with E-state index in [-0.39, 0.29) is 28.3 Å².